The lowest BCUT2D eigenvalue weighted by molar-refractivity contribution is 0.223. The van der Waals surface area contributed by atoms with Crippen LogP contribution in [-0.4, -0.2) is 13.6 Å². The first kappa shape index (κ1) is 13.2. The summed E-state index contributed by atoms with van der Waals surface area (Å²) in [7, 11) is 1.85. The highest BCUT2D eigenvalue weighted by Gasteiger charge is 2.38. The van der Waals surface area contributed by atoms with Crippen molar-refractivity contribution in [1.82, 2.24) is 0 Å². The highest BCUT2D eigenvalue weighted by molar-refractivity contribution is 6.33. The molecule has 0 spiro atoms. The molecular weight excluding hydrogens is 251 g/mol. The van der Waals surface area contributed by atoms with Crippen LogP contribution in [0.15, 0.2) is 12.1 Å². The molecule has 0 atom stereocenters. The lowest BCUT2D eigenvalue weighted by Crippen LogP contribution is -2.39. The minimum atomic E-state index is -0.278. The molecular formula is C14H16ClFN2. The molecule has 18 heavy (non-hydrogen) atoms. The fourth-order valence-corrected chi connectivity index (χ4v) is 2.74. The van der Waals surface area contributed by atoms with E-state index in [0.717, 1.165) is 19.3 Å². The van der Waals surface area contributed by atoms with Crippen molar-refractivity contribution in [2.45, 2.75) is 26.2 Å². The fourth-order valence-electron chi connectivity index (χ4n) is 2.38. The number of aryl methyl sites for hydroxylation is 1. The molecule has 1 aliphatic carbocycles. The monoisotopic (exact) mass is 266 g/mol. The maximum Gasteiger partial charge on any atom is 0.128 e. The molecule has 2 nitrogen and oxygen atoms in total. The molecule has 0 bridgehead atoms. The Morgan fingerprint density at radius 2 is 2.17 bits per heavy atom. The van der Waals surface area contributed by atoms with Crippen molar-refractivity contribution in [2.24, 2.45) is 5.41 Å². The topological polar surface area (TPSA) is 27.0 Å². The van der Waals surface area contributed by atoms with Gasteiger partial charge in [0.15, 0.2) is 0 Å². The summed E-state index contributed by atoms with van der Waals surface area (Å²) in [5, 5.41) is 9.75. The van der Waals surface area contributed by atoms with E-state index in [2.05, 4.69) is 6.07 Å². The Bertz CT molecular complexity index is 503. The summed E-state index contributed by atoms with van der Waals surface area (Å²) in [6, 6.07) is 5.46. The number of hydrogen-bond donors (Lipinski definition) is 0. The smallest absolute Gasteiger partial charge is 0.128 e. The van der Waals surface area contributed by atoms with E-state index in [1.807, 2.05) is 11.9 Å². The molecule has 0 N–H and O–H groups in total. The third kappa shape index (κ3) is 2.30. The number of anilines is 1. The SMILES string of the molecule is Cc1cc(Cl)c(N(C)CC2(C#N)CCC2)cc1F. The van der Waals surface area contributed by atoms with E-state index in [1.54, 1.807) is 13.0 Å². The zero-order valence-electron chi connectivity index (χ0n) is 10.6. The van der Waals surface area contributed by atoms with Gasteiger partial charge in [-0.3, -0.25) is 0 Å². The normalized spacial score (nSPS) is 16.8. The minimum absolute atomic E-state index is 0.263. The minimum Gasteiger partial charge on any atom is -0.372 e. The van der Waals surface area contributed by atoms with E-state index in [0.29, 0.717) is 22.8 Å². The summed E-state index contributed by atoms with van der Waals surface area (Å²) in [4.78, 5) is 1.88. The van der Waals surface area contributed by atoms with Gasteiger partial charge >= 0.3 is 0 Å². The lowest BCUT2D eigenvalue weighted by Gasteiger charge is -2.39. The van der Waals surface area contributed by atoms with E-state index in [1.165, 1.54) is 6.07 Å². The highest BCUT2D eigenvalue weighted by atomic mass is 35.5. The molecule has 0 amide bonds. The molecule has 0 unspecified atom stereocenters. The van der Waals surface area contributed by atoms with Crippen molar-refractivity contribution in [3.63, 3.8) is 0 Å². The van der Waals surface area contributed by atoms with Gasteiger partial charge in [-0.2, -0.15) is 5.26 Å². The van der Waals surface area contributed by atoms with Crippen molar-refractivity contribution in [1.29, 1.82) is 5.26 Å². The van der Waals surface area contributed by atoms with Crippen LogP contribution in [0.25, 0.3) is 0 Å². The Labute approximate surface area is 112 Å². The summed E-state index contributed by atoms with van der Waals surface area (Å²) in [5.41, 5.74) is 0.913. The van der Waals surface area contributed by atoms with Gasteiger partial charge in [0.1, 0.15) is 5.82 Å². The fraction of sp³-hybridized carbons (Fsp3) is 0.500. The van der Waals surface area contributed by atoms with Crippen LogP contribution in [-0.2, 0) is 0 Å². The van der Waals surface area contributed by atoms with Gasteiger partial charge in [-0.15, -0.1) is 0 Å². The van der Waals surface area contributed by atoms with Crippen LogP contribution in [0.4, 0.5) is 10.1 Å². The van der Waals surface area contributed by atoms with Gasteiger partial charge in [-0.05, 0) is 37.5 Å². The van der Waals surface area contributed by atoms with E-state index in [9.17, 15) is 9.65 Å². The summed E-state index contributed by atoms with van der Waals surface area (Å²) in [6.07, 6.45) is 2.93. The summed E-state index contributed by atoms with van der Waals surface area (Å²) >= 11 is 6.14. The molecule has 1 fully saturated rings. The van der Waals surface area contributed by atoms with Gasteiger partial charge in [0, 0.05) is 13.6 Å². The van der Waals surface area contributed by atoms with Gasteiger partial charge in [0.05, 0.1) is 22.2 Å². The molecule has 0 heterocycles. The van der Waals surface area contributed by atoms with Crippen molar-refractivity contribution < 1.29 is 4.39 Å². The van der Waals surface area contributed by atoms with Gasteiger partial charge in [0.2, 0.25) is 0 Å². The maximum absolute atomic E-state index is 13.6. The second-order valence-corrected chi connectivity index (χ2v) is 5.56. The van der Waals surface area contributed by atoms with E-state index >= 15 is 0 Å². The number of nitriles is 1. The predicted octanol–water partition coefficient (Wildman–Crippen LogP) is 3.92. The van der Waals surface area contributed by atoms with Gasteiger partial charge in [-0.1, -0.05) is 18.0 Å². The number of benzene rings is 1. The van der Waals surface area contributed by atoms with E-state index < -0.39 is 0 Å². The van der Waals surface area contributed by atoms with Gasteiger partial charge in [0.25, 0.3) is 0 Å². The van der Waals surface area contributed by atoms with Crippen LogP contribution in [0.5, 0.6) is 0 Å². The van der Waals surface area contributed by atoms with Crippen LogP contribution in [0.1, 0.15) is 24.8 Å². The third-order valence-corrected chi connectivity index (χ3v) is 4.03. The molecule has 1 aromatic rings. The molecule has 1 aromatic carbocycles. The van der Waals surface area contributed by atoms with Gasteiger partial charge < -0.3 is 4.90 Å². The number of hydrogen-bond acceptors (Lipinski definition) is 2. The lowest BCUT2D eigenvalue weighted by atomic mass is 9.69. The van der Waals surface area contributed by atoms with Crippen molar-refractivity contribution >= 4 is 17.3 Å². The molecule has 1 aliphatic rings. The van der Waals surface area contributed by atoms with Crippen molar-refractivity contribution in [3.05, 3.63) is 28.5 Å². The average molecular weight is 267 g/mol. The molecule has 2 rings (SSSR count). The first-order chi connectivity index (χ1) is 8.47. The second-order valence-electron chi connectivity index (χ2n) is 5.15. The Morgan fingerprint density at radius 1 is 1.50 bits per heavy atom. The summed E-state index contributed by atoms with van der Waals surface area (Å²) in [6.45, 7) is 2.29. The van der Waals surface area contributed by atoms with Crippen LogP contribution in [0.3, 0.4) is 0 Å². The van der Waals surface area contributed by atoms with Crippen LogP contribution >= 0.6 is 11.6 Å². The van der Waals surface area contributed by atoms with Crippen molar-refractivity contribution in [2.75, 3.05) is 18.5 Å². The Hall–Kier alpha value is -1.27. The molecule has 0 aromatic heterocycles. The predicted molar refractivity (Wildman–Crippen MR) is 71.3 cm³/mol. The van der Waals surface area contributed by atoms with Gasteiger partial charge in [-0.25, -0.2) is 4.39 Å². The van der Waals surface area contributed by atoms with Crippen LogP contribution in [0.2, 0.25) is 5.02 Å². The Kier molecular flexibility index (Phi) is 3.49. The maximum atomic E-state index is 13.6. The number of halogens is 2. The van der Waals surface area contributed by atoms with E-state index in [-0.39, 0.29) is 11.2 Å². The highest BCUT2D eigenvalue weighted by Crippen LogP contribution is 2.42. The third-order valence-electron chi connectivity index (χ3n) is 3.73. The average Bonchev–Trinajstić information content (AvgIpc) is 2.28. The molecule has 1 saturated carbocycles. The summed E-state index contributed by atoms with van der Waals surface area (Å²) < 4.78 is 13.6. The number of nitrogens with zero attached hydrogens (tertiary/aromatic N) is 2. The molecule has 4 heteroatoms. The number of rotatable bonds is 3. The van der Waals surface area contributed by atoms with E-state index in [4.69, 9.17) is 11.6 Å². The Morgan fingerprint density at radius 3 is 2.67 bits per heavy atom. The first-order valence-electron chi connectivity index (χ1n) is 6.05. The second kappa shape index (κ2) is 4.78. The standard InChI is InChI=1S/C14H16ClFN2/c1-10-6-11(15)13(7-12(10)16)18(2)9-14(8-17)4-3-5-14/h6-7H,3-5,9H2,1-2H3. The van der Waals surface area contributed by atoms with Crippen molar-refractivity contribution in [3.8, 4) is 6.07 Å². The molecule has 0 radical (unpaired) electrons. The zero-order chi connectivity index (χ0) is 13.3. The Balaban J connectivity index is 2.21. The molecule has 0 aliphatic heterocycles. The zero-order valence-corrected chi connectivity index (χ0v) is 11.4. The quantitative estimate of drug-likeness (QED) is 0.829. The largest absolute Gasteiger partial charge is 0.372 e. The molecule has 96 valence electrons. The van der Waals surface area contributed by atoms with Crippen LogP contribution in [0, 0.1) is 29.5 Å². The summed E-state index contributed by atoms with van der Waals surface area (Å²) in [5.74, 6) is -0.263. The van der Waals surface area contributed by atoms with Crippen LogP contribution < -0.4 is 4.90 Å². The first-order valence-corrected chi connectivity index (χ1v) is 6.43. The molecule has 0 saturated heterocycles.